The number of nitrogens with two attached hydrogens (primary N) is 1. The minimum absolute atomic E-state index is 0.216. The topological polar surface area (TPSA) is 245 Å². The van der Waals surface area contributed by atoms with Crippen LogP contribution >= 0.6 is 0 Å². The first-order chi connectivity index (χ1) is 13.8. The van der Waals surface area contributed by atoms with Crippen LogP contribution < -0.4 is 21.7 Å². The van der Waals surface area contributed by atoms with Crippen LogP contribution in [0.1, 0.15) is 32.6 Å². The van der Waals surface area contributed by atoms with Crippen LogP contribution in [0.25, 0.3) is 0 Å². The Balaban J connectivity index is 4.91. The number of carboxylic acid groups (broad SMARTS) is 3. The zero-order valence-electron chi connectivity index (χ0n) is 16.2. The van der Waals surface area contributed by atoms with Gasteiger partial charge in [0.25, 0.3) is 0 Å². The second kappa shape index (κ2) is 13.1. The van der Waals surface area contributed by atoms with Crippen LogP contribution in [0, 0.1) is 0 Å². The molecule has 0 bridgehead atoms. The molecule has 0 aromatic heterocycles. The molecule has 0 fully saturated rings. The number of carboxylic acids is 3. The summed E-state index contributed by atoms with van der Waals surface area (Å²) in [5.41, 5.74) is 5.54. The van der Waals surface area contributed by atoms with Crippen LogP contribution in [0.3, 0.4) is 0 Å². The van der Waals surface area contributed by atoms with E-state index in [4.69, 9.17) is 21.1 Å². The van der Waals surface area contributed by atoms with Gasteiger partial charge in [-0.15, -0.1) is 0 Å². The number of aliphatic hydroxyl groups excluding tert-OH is 1. The predicted molar refractivity (Wildman–Crippen MR) is 97.9 cm³/mol. The van der Waals surface area contributed by atoms with Gasteiger partial charge in [-0.05, 0) is 19.8 Å². The molecule has 9 N–H and O–H groups in total. The van der Waals surface area contributed by atoms with Gasteiger partial charge in [-0.2, -0.15) is 0 Å². The highest BCUT2D eigenvalue weighted by Gasteiger charge is 2.27. The van der Waals surface area contributed by atoms with Crippen LogP contribution in [0.2, 0.25) is 0 Å². The summed E-state index contributed by atoms with van der Waals surface area (Å²) in [5, 5.41) is 41.9. The van der Waals surface area contributed by atoms with Gasteiger partial charge in [0.2, 0.25) is 17.7 Å². The number of amides is 3. The van der Waals surface area contributed by atoms with Gasteiger partial charge in [0.15, 0.2) is 6.04 Å². The quantitative estimate of drug-likeness (QED) is 0.134. The molecule has 0 saturated carbocycles. The van der Waals surface area contributed by atoms with E-state index in [1.54, 1.807) is 0 Å². The number of aliphatic hydroxyl groups is 1. The molecule has 0 rings (SSSR count). The summed E-state index contributed by atoms with van der Waals surface area (Å²) in [4.78, 5) is 68.3. The lowest BCUT2D eigenvalue weighted by molar-refractivity contribution is -0.144. The standard InChI is InChI=1S/C16H26N4O10/c1-7(21)13(16(29)30)20-10(22)6-18-15(28)9(3-5-12(25)26)19-14(27)8(17)2-4-11(23)24/h7-9,13,21H,2-6,17H2,1H3,(H,18,28)(H,19,27)(H,20,22)(H,23,24)(H,25,26)(H,29,30). The van der Waals surface area contributed by atoms with Gasteiger partial charge in [-0.25, -0.2) is 4.79 Å². The summed E-state index contributed by atoms with van der Waals surface area (Å²) in [6.45, 7) is 0.433. The van der Waals surface area contributed by atoms with Crippen molar-refractivity contribution in [1.29, 1.82) is 0 Å². The second-order valence-electron chi connectivity index (χ2n) is 6.37. The lowest BCUT2D eigenvalue weighted by Crippen LogP contribution is -2.54. The molecule has 0 aliphatic rings. The molecule has 0 spiro atoms. The Bertz CT molecular complexity index is 666. The Morgan fingerprint density at radius 1 is 0.867 bits per heavy atom. The molecule has 0 aromatic rings. The van der Waals surface area contributed by atoms with Crippen molar-refractivity contribution >= 4 is 35.6 Å². The van der Waals surface area contributed by atoms with E-state index in [0.29, 0.717) is 0 Å². The maximum atomic E-state index is 12.2. The largest absolute Gasteiger partial charge is 0.481 e. The van der Waals surface area contributed by atoms with Crippen molar-refractivity contribution in [2.45, 2.75) is 56.8 Å². The summed E-state index contributed by atoms with van der Waals surface area (Å²) in [6.07, 6.45) is -2.86. The van der Waals surface area contributed by atoms with Crippen LogP contribution in [0.5, 0.6) is 0 Å². The first-order valence-electron chi connectivity index (χ1n) is 8.82. The molecule has 0 heterocycles. The van der Waals surface area contributed by atoms with E-state index in [-0.39, 0.29) is 12.8 Å². The highest BCUT2D eigenvalue weighted by molar-refractivity contribution is 5.93. The summed E-state index contributed by atoms with van der Waals surface area (Å²) in [6, 6.07) is -4.25. The van der Waals surface area contributed by atoms with Crippen LogP contribution in [-0.4, -0.2) is 86.8 Å². The fraction of sp³-hybridized carbons (Fsp3) is 0.625. The molecule has 0 radical (unpaired) electrons. The Kier molecular flexibility index (Phi) is 11.6. The van der Waals surface area contributed by atoms with Gasteiger partial charge in [0.1, 0.15) is 6.04 Å². The molecule has 0 aromatic carbocycles. The third kappa shape index (κ3) is 10.9. The smallest absolute Gasteiger partial charge is 0.328 e. The van der Waals surface area contributed by atoms with Gasteiger partial charge < -0.3 is 42.1 Å². The van der Waals surface area contributed by atoms with E-state index in [2.05, 4.69) is 10.6 Å². The summed E-state index contributed by atoms with van der Waals surface area (Å²) in [7, 11) is 0. The first-order valence-corrected chi connectivity index (χ1v) is 8.82. The van der Waals surface area contributed by atoms with Crippen molar-refractivity contribution in [1.82, 2.24) is 16.0 Å². The van der Waals surface area contributed by atoms with E-state index in [1.807, 2.05) is 5.32 Å². The molecular weight excluding hydrogens is 408 g/mol. The lowest BCUT2D eigenvalue weighted by atomic mass is 10.1. The van der Waals surface area contributed by atoms with Crippen LogP contribution in [0.4, 0.5) is 0 Å². The van der Waals surface area contributed by atoms with Crippen molar-refractivity contribution in [2.24, 2.45) is 5.73 Å². The van der Waals surface area contributed by atoms with E-state index < -0.39 is 79.2 Å². The molecule has 3 amide bonds. The fourth-order valence-corrected chi connectivity index (χ4v) is 2.13. The Hall–Kier alpha value is -3.26. The molecule has 170 valence electrons. The molecular formula is C16H26N4O10. The molecule has 0 aliphatic heterocycles. The van der Waals surface area contributed by atoms with Crippen molar-refractivity contribution < 1.29 is 49.2 Å². The number of nitrogens with one attached hydrogen (secondary N) is 3. The van der Waals surface area contributed by atoms with Crippen LogP contribution in [-0.2, 0) is 28.8 Å². The lowest BCUT2D eigenvalue weighted by Gasteiger charge is -2.21. The normalized spacial score (nSPS) is 14.5. The minimum Gasteiger partial charge on any atom is -0.481 e. The van der Waals surface area contributed by atoms with Gasteiger partial charge in [0, 0.05) is 12.8 Å². The van der Waals surface area contributed by atoms with Gasteiger partial charge in [-0.1, -0.05) is 0 Å². The third-order valence-corrected chi connectivity index (χ3v) is 3.77. The van der Waals surface area contributed by atoms with E-state index in [9.17, 15) is 33.9 Å². The molecule has 0 saturated heterocycles. The maximum absolute atomic E-state index is 12.2. The van der Waals surface area contributed by atoms with Gasteiger partial charge in [-0.3, -0.25) is 24.0 Å². The van der Waals surface area contributed by atoms with Crippen LogP contribution in [0.15, 0.2) is 0 Å². The molecule has 14 heteroatoms. The average molecular weight is 434 g/mol. The molecule has 14 nitrogen and oxygen atoms in total. The second-order valence-corrected chi connectivity index (χ2v) is 6.37. The van der Waals surface area contributed by atoms with Gasteiger partial charge >= 0.3 is 17.9 Å². The summed E-state index contributed by atoms with van der Waals surface area (Å²) >= 11 is 0. The monoisotopic (exact) mass is 434 g/mol. The number of rotatable bonds is 14. The summed E-state index contributed by atoms with van der Waals surface area (Å²) < 4.78 is 0. The first kappa shape index (κ1) is 26.7. The van der Waals surface area contributed by atoms with Crippen molar-refractivity contribution in [2.75, 3.05) is 6.54 Å². The zero-order valence-corrected chi connectivity index (χ0v) is 16.2. The number of hydrogen-bond donors (Lipinski definition) is 8. The van der Waals surface area contributed by atoms with E-state index >= 15 is 0 Å². The maximum Gasteiger partial charge on any atom is 0.328 e. The summed E-state index contributed by atoms with van der Waals surface area (Å²) in [5.74, 6) is -6.69. The molecule has 4 atom stereocenters. The third-order valence-electron chi connectivity index (χ3n) is 3.77. The van der Waals surface area contributed by atoms with Crippen molar-refractivity contribution in [3.8, 4) is 0 Å². The Labute approximate surface area is 170 Å². The number of hydrogen-bond acceptors (Lipinski definition) is 8. The molecule has 30 heavy (non-hydrogen) atoms. The number of carbonyl (C=O) groups is 6. The molecule has 4 unspecified atom stereocenters. The Morgan fingerprint density at radius 2 is 1.40 bits per heavy atom. The van der Waals surface area contributed by atoms with E-state index in [1.165, 1.54) is 0 Å². The fourth-order valence-electron chi connectivity index (χ4n) is 2.13. The van der Waals surface area contributed by atoms with Gasteiger partial charge in [0.05, 0.1) is 18.7 Å². The van der Waals surface area contributed by atoms with Crippen molar-refractivity contribution in [3.05, 3.63) is 0 Å². The van der Waals surface area contributed by atoms with E-state index in [0.717, 1.165) is 6.92 Å². The SMILES string of the molecule is CC(O)C(NC(=O)CNC(=O)C(CCC(=O)O)NC(=O)C(N)CCC(=O)O)C(=O)O. The average Bonchev–Trinajstić information content (AvgIpc) is 2.64. The highest BCUT2D eigenvalue weighted by Crippen LogP contribution is 2.01. The zero-order chi connectivity index (χ0) is 23.4. The predicted octanol–water partition coefficient (Wildman–Crippen LogP) is -3.41. The number of carbonyl (C=O) groups excluding carboxylic acids is 3. The number of aliphatic carboxylic acids is 3. The molecule has 0 aliphatic carbocycles. The Morgan fingerprint density at radius 3 is 1.87 bits per heavy atom. The minimum atomic E-state index is -1.61. The van der Waals surface area contributed by atoms with Crippen molar-refractivity contribution in [3.63, 3.8) is 0 Å². The highest BCUT2D eigenvalue weighted by atomic mass is 16.4.